The van der Waals surface area contributed by atoms with Crippen LogP contribution in [0, 0.1) is 10.1 Å². The molecule has 0 aliphatic rings. The van der Waals surface area contributed by atoms with Gasteiger partial charge in [-0.2, -0.15) is 0 Å². The normalized spacial score (nSPS) is 10.6. The van der Waals surface area contributed by atoms with E-state index in [9.17, 15) is 14.9 Å². The van der Waals surface area contributed by atoms with Crippen LogP contribution in [0.4, 0.5) is 5.69 Å². The first-order chi connectivity index (χ1) is 14.5. The third-order valence-electron chi connectivity index (χ3n) is 3.47. The zero-order chi connectivity index (χ0) is 22.0. The second-order valence-corrected chi connectivity index (χ2v) is 5.97. The summed E-state index contributed by atoms with van der Waals surface area (Å²) in [5, 5.41) is 10.6. The van der Waals surface area contributed by atoms with Gasteiger partial charge in [-0.1, -0.05) is 6.58 Å². The van der Waals surface area contributed by atoms with E-state index in [1.807, 2.05) is 0 Å². The standard InChI is InChI=1S/C20H29NO9/c1-17(2)20(22)30-16-14-28-12-10-26-8-7-25-9-11-27-13-15-29-19-5-3-18(4-6-19)21(23)24/h3-6H,1,7-16H2,2H3. The molecule has 1 aromatic rings. The average Bonchev–Trinajstić information content (AvgIpc) is 2.73. The number of nitrogens with zero attached hydrogens (tertiary/aromatic N) is 1. The number of carbonyl (C=O) groups excluding carboxylic acids is 1. The van der Waals surface area contributed by atoms with Crippen molar-refractivity contribution in [2.45, 2.75) is 6.92 Å². The summed E-state index contributed by atoms with van der Waals surface area (Å²) >= 11 is 0. The van der Waals surface area contributed by atoms with E-state index in [0.717, 1.165) is 0 Å². The van der Waals surface area contributed by atoms with Crippen molar-refractivity contribution in [3.05, 3.63) is 46.5 Å². The van der Waals surface area contributed by atoms with E-state index in [1.165, 1.54) is 12.1 Å². The molecule has 0 radical (unpaired) electrons. The van der Waals surface area contributed by atoms with E-state index in [0.29, 0.717) is 70.8 Å². The average molecular weight is 427 g/mol. The minimum absolute atomic E-state index is 0.0221. The number of nitro groups is 1. The molecule has 0 heterocycles. The SMILES string of the molecule is C=C(C)C(=O)OCCOCCOCCOCCOCCOc1ccc([N+](=O)[O-])cc1. The Morgan fingerprint density at radius 1 is 0.833 bits per heavy atom. The number of hydrogen-bond acceptors (Lipinski definition) is 9. The Balaban J connectivity index is 1.81. The van der Waals surface area contributed by atoms with Crippen LogP contribution in [0.3, 0.4) is 0 Å². The van der Waals surface area contributed by atoms with E-state index < -0.39 is 10.9 Å². The van der Waals surface area contributed by atoms with Gasteiger partial charge in [0.15, 0.2) is 0 Å². The number of ether oxygens (including phenoxy) is 6. The van der Waals surface area contributed by atoms with Crippen LogP contribution >= 0.6 is 0 Å². The van der Waals surface area contributed by atoms with Crippen LogP contribution in [0.15, 0.2) is 36.4 Å². The van der Waals surface area contributed by atoms with Crippen LogP contribution in [0.5, 0.6) is 5.75 Å². The number of nitro benzene ring substituents is 1. The van der Waals surface area contributed by atoms with Gasteiger partial charge >= 0.3 is 5.97 Å². The summed E-state index contributed by atoms with van der Waals surface area (Å²) in [5.74, 6) is 0.127. The molecule has 0 aliphatic heterocycles. The molecule has 0 atom stereocenters. The van der Waals surface area contributed by atoms with E-state index in [4.69, 9.17) is 28.4 Å². The summed E-state index contributed by atoms with van der Waals surface area (Å²) in [7, 11) is 0. The minimum Gasteiger partial charge on any atom is -0.491 e. The van der Waals surface area contributed by atoms with Gasteiger partial charge in [-0.05, 0) is 19.1 Å². The van der Waals surface area contributed by atoms with Gasteiger partial charge < -0.3 is 28.4 Å². The lowest BCUT2D eigenvalue weighted by molar-refractivity contribution is -0.384. The number of esters is 1. The van der Waals surface area contributed by atoms with E-state index >= 15 is 0 Å². The van der Waals surface area contributed by atoms with E-state index in [2.05, 4.69) is 6.58 Å². The van der Waals surface area contributed by atoms with Crippen molar-refractivity contribution in [3.63, 3.8) is 0 Å². The summed E-state index contributed by atoms with van der Waals surface area (Å²) < 4.78 is 31.6. The number of rotatable bonds is 18. The maximum absolute atomic E-state index is 11.1. The zero-order valence-electron chi connectivity index (χ0n) is 17.2. The van der Waals surface area contributed by atoms with Crippen LogP contribution in [-0.4, -0.2) is 77.0 Å². The van der Waals surface area contributed by atoms with Crippen LogP contribution in [0.25, 0.3) is 0 Å². The van der Waals surface area contributed by atoms with Crippen molar-refractivity contribution in [1.29, 1.82) is 0 Å². The second kappa shape index (κ2) is 16.3. The molecule has 0 aliphatic carbocycles. The Morgan fingerprint density at radius 2 is 1.27 bits per heavy atom. The molecular formula is C20H29NO9. The predicted molar refractivity (Wildman–Crippen MR) is 108 cm³/mol. The molecule has 0 fully saturated rings. The zero-order valence-corrected chi connectivity index (χ0v) is 17.2. The second-order valence-electron chi connectivity index (χ2n) is 5.97. The lowest BCUT2D eigenvalue weighted by Gasteiger charge is -2.08. The number of non-ortho nitro benzene ring substituents is 1. The summed E-state index contributed by atoms with van der Waals surface area (Å²) in [6.07, 6.45) is 0. The van der Waals surface area contributed by atoms with Gasteiger partial charge in [0, 0.05) is 17.7 Å². The van der Waals surface area contributed by atoms with Gasteiger partial charge in [-0.3, -0.25) is 10.1 Å². The van der Waals surface area contributed by atoms with Crippen LogP contribution in [0.1, 0.15) is 6.92 Å². The highest BCUT2D eigenvalue weighted by molar-refractivity contribution is 5.86. The van der Waals surface area contributed by atoms with Crippen molar-refractivity contribution in [2.24, 2.45) is 0 Å². The molecule has 0 aromatic heterocycles. The molecule has 168 valence electrons. The van der Waals surface area contributed by atoms with E-state index in [1.54, 1.807) is 19.1 Å². The Labute approximate surface area is 175 Å². The van der Waals surface area contributed by atoms with Gasteiger partial charge in [0.2, 0.25) is 0 Å². The smallest absolute Gasteiger partial charge is 0.333 e. The summed E-state index contributed by atoms with van der Waals surface area (Å²) in [4.78, 5) is 21.2. The highest BCUT2D eigenvalue weighted by atomic mass is 16.6. The van der Waals surface area contributed by atoms with E-state index in [-0.39, 0.29) is 12.3 Å². The largest absolute Gasteiger partial charge is 0.491 e. The fraction of sp³-hybridized carbons (Fsp3) is 0.550. The molecule has 0 N–H and O–H groups in total. The number of hydrogen-bond donors (Lipinski definition) is 0. The third kappa shape index (κ3) is 12.8. The van der Waals surface area contributed by atoms with Crippen molar-refractivity contribution in [2.75, 3.05) is 66.1 Å². The fourth-order valence-electron chi connectivity index (χ4n) is 1.96. The lowest BCUT2D eigenvalue weighted by atomic mass is 10.3. The molecule has 30 heavy (non-hydrogen) atoms. The molecule has 0 amide bonds. The number of benzene rings is 1. The fourth-order valence-corrected chi connectivity index (χ4v) is 1.96. The maximum atomic E-state index is 11.1. The molecule has 10 heteroatoms. The molecule has 10 nitrogen and oxygen atoms in total. The first-order valence-electron chi connectivity index (χ1n) is 9.51. The van der Waals surface area contributed by atoms with Crippen molar-refractivity contribution in [1.82, 2.24) is 0 Å². The van der Waals surface area contributed by atoms with Gasteiger partial charge in [0.25, 0.3) is 5.69 Å². The highest BCUT2D eigenvalue weighted by Crippen LogP contribution is 2.16. The highest BCUT2D eigenvalue weighted by Gasteiger charge is 2.04. The van der Waals surface area contributed by atoms with Gasteiger partial charge in [0.05, 0.1) is 57.8 Å². The molecule has 1 rings (SSSR count). The first-order valence-corrected chi connectivity index (χ1v) is 9.51. The Bertz CT molecular complexity index is 634. The summed E-state index contributed by atoms with van der Waals surface area (Å²) in [5.41, 5.74) is 0.383. The molecule has 1 aromatic carbocycles. The first kappa shape index (κ1) is 25.5. The molecule has 0 bridgehead atoms. The van der Waals surface area contributed by atoms with Crippen molar-refractivity contribution >= 4 is 11.7 Å². The van der Waals surface area contributed by atoms with Crippen LogP contribution in [-0.2, 0) is 28.5 Å². The van der Waals surface area contributed by atoms with Crippen molar-refractivity contribution in [3.8, 4) is 5.75 Å². The summed E-state index contributed by atoms with van der Waals surface area (Å²) in [6, 6.07) is 5.87. The molecular weight excluding hydrogens is 398 g/mol. The topological polar surface area (TPSA) is 116 Å². The Kier molecular flexibility index (Phi) is 13.8. The molecule has 0 spiro atoms. The van der Waals surface area contributed by atoms with Crippen LogP contribution in [0.2, 0.25) is 0 Å². The third-order valence-corrected chi connectivity index (χ3v) is 3.47. The predicted octanol–water partition coefficient (Wildman–Crippen LogP) is 2.16. The molecule has 0 saturated carbocycles. The monoisotopic (exact) mass is 427 g/mol. The van der Waals surface area contributed by atoms with Gasteiger partial charge in [-0.25, -0.2) is 4.79 Å². The Morgan fingerprint density at radius 3 is 1.70 bits per heavy atom. The van der Waals surface area contributed by atoms with Crippen molar-refractivity contribution < 1.29 is 38.1 Å². The van der Waals surface area contributed by atoms with Gasteiger partial charge in [0.1, 0.15) is 19.0 Å². The van der Waals surface area contributed by atoms with Crippen LogP contribution < -0.4 is 4.74 Å². The maximum Gasteiger partial charge on any atom is 0.333 e. The molecule has 0 saturated heterocycles. The Hall–Kier alpha value is -2.53. The summed E-state index contributed by atoms with van der Waals surface area (Å²) in [6.45, 7) is 8.87. The van der Waals surface area contributed by atoms with Gasteiger partial charge in [-0.15, -0.1) is 0 Å². The minimum atomic E-state index is -0.460. The molecule has 0 unspecified atom stereocenters. The quantitative estimate of drug-likeness (QED) is 0.114. The lowest BCUT2D eigenvalue weighted by Crippen LogP contribution is -2.15. The number of carbonyl (C=O) groups is 1.